The third-order valence-electron chi connectivity index (χ3n) is 4.18. The first kappa shape index (κ1) is 15.0. The lowest BCUT2D eigenvalue weighted by molar-refractivity contribution is 0.155. The predicted octanol–water partition coefficient (Wildman–Crippen LogP) is 4.09. The minimum absolute atomic E-state index is 0.217. The maximum atomic E-state index is 10.1. The Morgan fingerprint density at radius 3 is 2.89 bits per heavy atom. The Morgan fingerprint density at radius 2 is 2.11 bits per heavy atom. The summed E-state index contributed by atoms with van der Waals surface area (Å²) in [5, 5.41) is 10.1. The van der Waals surface area contributed by atoms with Gasteiger partial charge in [-0.05, 0) is 57.1 Å². The van der Waals surface area contributed by atoms with Crippen LogP contribution in [0.1, 0.15) is 61.6 Å². The molecule has 2 rings (SSSR count). The summed E-state index contributed by atoms with van der Waals surface area (Å²) >= 11 is 1.95. The average Bonchev–Trinajstić information content (AvgIpc) is 2.72. The standard InChI is InChI=1S/C16H27NOS/c1-13-12-14-15(8-7-9-16(14)18)17(13)10-5-3-4-6-11-19-2/h12,16,18H,3-11H2,1-2H3. The Balaban J connectivity index is 1.86. The Bertz CT molecular complexity index is 400. The third-order valence-corrected chi connectivity index (χ3v) is 4.88. The van der Waals surface area contributed by atoms with Gasteiger partial charge in [0, 0.05) is 23.5 Å². The highest BCUT2D eigenvalue weighted by atomic mass is 32.2. The highest BCUT2D eigenvalue weighted by molar-refractivity contribution is 7.98. The molecule has 0 fully saturated rings. The van der Waals surface area contributed by atoms with Gasteiger partial charge < -0.3 is 9.67 Å². The van der Waals surface area contributed by atoms with Gasteiger partial charge in [0.25, 0.3) is 0 Å². The first-order valence-electron chi connectivity index (χ1n) is 7.60. The topological polar surface area (TPSA) is 25.2 Å². The van der Waals surface area contributed by atoms with Crippen LogP contribution in [0.3, 0.4) is 0 Å². The van der Waals surface area contributed by atoms with Crippen LogP contribution in [0, 0.1) is 6.92 Å². The number of rotatable bonds is 7. The number of nitrogens with zero attached hydrogens (tertiary/aromatic N) is 1. The molecule has 0 aromatic carbocycles. The van der Waals surface area contributed by atoms with Crippen molar-refractivity contribution in [1.82, 2.24) is 4.57 Å². The number of aliphatic hydroxyl groups is 1. The molecule has 1 unspecified atom stereocenters. The SMILES string of the molecule is CSCCCCCCn1c(C)cc2c1CCCC2O. The van der Waals surface area contributed by atoms with Gasteiger partial charge in [-0.3, -0.25) is 0 Å². The van der Waals surface area contributed by atoms with E-state index in [0.717, 1.165) is 25.8 Å². The molecule has 0 saturated heterocycles. The molecule has 1 aromatic rings. The highest BCUT2D eigenvalue weighted by Gasteiger charge is 2.22. The molecule has 1 aliphatic carbocycles. The Morgan fingerprint density at radius 1 is 1.32 bits per heavy atom. The van der Waals surface area contributed by atoms with E-state index in [2.05, 4.69) is 23.8 Å². The minimum atomic E-state index is -0.217. The van der Waals surface area contributed by atoms with Crippen molar-refractivity contribution in [2.24, 2.45) is 0 Å². The first-order chi connectivity index (χ1) is 9.24. The molecule has 0 aliphatic heterocycles. The lowest BCUT2D eigenvalue weighted by Gasteiger charge is -2.20. The molecule has 1 heterocycles. The van der Waals surface area contributed by atoms with Crippen LogP contribution in [-0.2, 0) is 13.0 Å². The molecule has 0 saturated carbocycles. The van der Waals surface area contributed by atoms with E-state index in [1.165, 1.54) is 48.4 Å². The zero-order chi connectivity index (χ0) is 13.7. The van der Waals surface area contributed by atoms with Crippen molar-refractivity contribution in [2.75, 3.05) is 12.0 Å². The average molecular weight is 281 g/mol. The number of fused-ring (bicyclic) bond motifs is 1. The van der Waals surface area contributed by atoms with E-state index in [9.17, 15) is 5.11 Å². The van der Waals surface area contributed by atoms with Gasteiger partial charge in [0.05, 0.1) is 6.10 Å². The van der Waals surface area contributed by atoms with Crippen LogP contribution in [0.5, 0.6) is 0 Å². The summed E-state index contributed by atoms with van der Waals surface area (Å²) in [6.07, 6.45) is 10.5. The Kier molecular flexibility index (Phi) is 5.83. The number of aromatic nitrogens is 1. The van der Waals surface area contributed by atoms with E-state index in [4.69, 9.17) is 0 Å². The molecule has 19 heavy (non-hydrogen) atoms. The van der Waals surface area contributed by atoms with E-state index in [0.29, 0.717) is 0 Å². The van der Waals surface area contributed by atoms with E-state index < -0.39 is 0 Å². The number of unbranched alkanes of at least 4 members (excludes halogenated alkanes) is 3. The van der Waals surface area contributed by atoms with E-state index in [1.807, 2.05) is 11.8 Å². The smallest absolute Gasteiger partial charge is 0.0807 e. The molecule has 0 spiro atoms. The normalized spacial score (nSPS) is 18.6. The number of thioether (sulfide) groups is 1. The summed E-state index contributed by atoms with van der Waals surface area (Å²) in [5.74, 6) is 1.30. The van der Waals surface area contributed by atoms with Crippen molar-refractivity contribution in [3.8, 4) is 0 Å². The van der Waals surface area contributed by atoms with Gasteiger partial charge in [-0.1, -0.05) is 12.8 Å². The zero-order valence-electron chi connectivity index (χ0n) is 12.3. The van der Waals surface area contributed by atoms with Crippen LogP contribution in [0.2, 0.25) is 0 Å². The fourth-order valence-electron chi connectivity index (χ4n) is 3.12. The monoisotopic (exact) mass is 281 g/mol. The summed E-state index contributed by atoms with van der Waals surface area (Å²) in [6.45, 7) is 3.31. The Hall–Kier alpha value is -0.410. The second-order valence-electron chi connectivity index (χ2n) is 5.65. The second kappa shape index (κ2) is 7.39. The van der Waals surface area contributed by atoms with Crippen LogP contribution < -0.4 is 0 Å². The quantitative estimate of drug-likeness (QED) is 0.762. The maximum absolute atomic E-state index is 10.1. The molecule has 1 atom stereocenters. The number of hydrogen-bond acceptors (Lipinski definition) is 2. The Labute approximate surface area is 121 Å². The van der Waals surface area contributed by atoms with Gasteiger partial charge >= 0.3 is 0 Å². The lowest BCUT2D eigenvalue weighted by Crippen LogP contribution is -2.12. The summed E-state index contributed by atoms with van der Waals surface area (Å²) in [7, 11) is 0. The summed E-state index contributed by atoms with van der Waals surface area (Å²) in [6, 6.07) is 2.20. The predicted molar refractivity (Wildman–Crippen MR) is 83.9 cm³/mol. The van der Waals surface area contributed by atoms with Gasteiger partial charge in [-0.25, -0.2) is 0 Å². The molecular weight excluding hydrogens is 254 g/mol. The zero-order valence-corrected chi connectivity index (χ0v) is 13.1. The molecule has 2 nitrogen and oxygen atoms in total. The maximum Gasteiger partial charge on any atom is 0.0807 e. The fraction of sp³-hybridized carbons (Fsp3) is 0.750. The van der Waals surface area contributed by atoms with Gasteiger partial charge in [0.15, 0.2) is 0 Å². The van der Waals surface area contributed by atoms with Crippen LogP contribution in [0.25, 0.3) is 0 Å². The van der Waals surface area contributed by atoms with Crippen molar-refractivity contribution < 1.29 is 5.11 Å². The van der Waals surface area contributed by atoms with Gasteiger partial charge in [-0.2, -0.15) is 11.8 Å². The summed E-state index contributed by atoms with van der Waals surface area (Å²) in [5.41, 5.74) is 3.93. The van der Waals surface area contributed by atoms with E-state index in [-0.39, 0.29) is 6.10 Å². The summed E-state index contributed by atoms with van der Waals surface area (Å²) in [4.78, 5) is 0. The van der Waals surface area contributed by atoms with Crippen LogP contribution in [0.15, 0.2) is 6.07 Å². The molecular formula is C16H27NOS. The number of hydrogen-bond donors (Lipinski definition) is 1. The van der Waals surface area contributed by atoms with Crippen LogP contribution in [-0.4, -0.2) is 21.7 Å². The van der Waals surface area contributed by atoms with Crippen molar-refractivity contribution in [3.05, 3.63) is 23.0 Å². The van der Waals surface area contributed by atoms with Crippen molar-refractivity contribution >= 4 is 11.8 Å². The largest absolute Gasteiger partial charge is 0.388 e. The number of aliphatic hydroxyl groups excluding tert-OH is 1. The molecule has 1 N–H and O–H groups in total. The fourth-order valence-corrected chi connectivity index (χ4v) is 3.62. The highest BCUT2D eigenvalue weighted by Crippen LogP contribution is 2.32. The first-order valence-corrected chi connectivity index (χ1v) is 8.99. The molecule has 0 amide bonds. The molecule has 0 bridgehead atoms. The van der Waals surface area contributed by atoms with Crippen LogP contribution in [0.4, 0.5) is 0 Å². The van der Waals surface area contributed by atoms with Crippen LogP contribution >= 0.6 is 11.8 Å². The van der Waals surface area contributed by atoms with Crippen molar-refractivity contribution in [1.29, 1.82) is 0 Å². The van der Waals surface area contributed by atoms with Crippen molar-refractivity contribution in [2.45, 2.75) is 64.5 Å². The third kappa shape index (κ3) is 3.79. The summed E-state index contributed by atoms with van der Waals surface area (Å²) < 4.78 is 2.45. The van der Waals surface area contributed by atoms with Crippen molar-refractivity contribution in [3.63, 3.8) is 0 Å². The molecule has 108 valence electrons. The molecule has 0 radical (unpaired) electrons. The molecule has 1 aromatic heterocycles. The number of aryl methyl sites for hydroxylation is 1. The van der Waals surface area contributed by atoms with E-state index >= 15 is 0 Å². The van der Waals surface area contributed by atoms with Gasteiger partial charge in [0.2, 0.25) is 0 Å². The van der Waals surface area contributed by atoms with Gasteiger partial charge in [0.1, 0.15) is 0 Å². The second-order valence-corrected chi connectivity index (χ2v) is 6.64. The van der Waals surface area contributed by atoms with Gasteiger partial charge in [-0.15, -0.1) is 0 Å². The van der Waals surface area contributed by atoms with E-state index in [1.54, 1.807) is 0 Å². The minimum Gasteiger partial charge on any atom is -0.388 e. The lowest BCUT2D eigenvalue weighted by atomic mass is 9.95. The molecule has 3 heteroatoms. The molecule has 1 aliphatic rings.